The molecule has 1 aromatic rings. The van der Waals surface area contributed by atoms with E-state index >= 15 is 0 Å². The molecule has 0 atom stereocenters. The molecule has 1 N–H and O–H groups in total. The number of halogens is 4. The van der Waals surface area contributed by atoms with Crippen molar-refractivity contribution in [1.82, 2.24) is 0 Å². The maximum Gasteiger partial charge on any atom is 0.232 e. The summed E-state index contributed by atoms with van der Waals surface area (Å²) >= 11 is 20.5. The summed E-state index contributed by atoms with van der Waals surface area (Å²) in [5.41, 5.74) is 0.186. The van der Waals surface area contributed by atoms with Crippen molar-refractivity contribution in [2.24, 2.45) is 0 Å². The molecule has 1 rings (SSSR count). The van der Waals surface area contributed by atoms with Gasteiger partial charge < -0.3 is 0 Å². The van der Waals surface area contributed by atoms with Crippen LogP contribution in [0.5, 0.6) is 0 Å². The minimum absolute atomic E-state index is 0.0702. The zero-order valence-electron chi connectivity index (χ0n) is 8.51. The fourth-order valence-electron chi connectivity index (χ4n) is 1.09. The van der Waals surface area contributed by atoms with Crippen LogP contribution in [0.15, 0.2) is 16.6 Å². The number of hydrogen-bond acceptors (Lipinski definition) is 2. The zero-order chi connectivity index (χ0) is 13.1. The molecule has 0 bridgehead atoms. The number of benzene rings is 1. The quantitative estimate of drug-likeness (QED) is 0.780. The molecule has 96 valence electrons. The molecule has 0 spiro atoms. The Morgan fingerprint density at radius 2 is 1.76 bits per heavy atom. The monoisotopic (exact) mass is 379 g/mol. The lowest BCUT2D eigenvalue weighted by atomic mass is 10.3. The molecule has 0 fully saturated rings. The lowest BCUT2D eigenvalue weighted by Gasteiger charge is -2.11. The average molecular weight is 382 g/mol. The predicted molar refractivity (Wildman–Crippen MR) is 76.9 cm³/mol. The highest BCUT2D eigenvalue weighted by atomic mass is 79.9. The average Bonchev–Trinajstić information content (AvgIpc) is 2.21. The maximum absolute atomic E-state index is 11.6. The lowest BCUT2D eigenvalue weighted by molar-refractivity contribution is 0.600. The second-order valence-corrected chi connectivity index (χ2v) is 7.16. The van der Waals surface area contributed by atoms with Crippen LogP contribution in [-0.4, -0.2) is 20.1 Å². The standard InChI is InChI=1S/C9H9BrCl3NO2S/c10-6-4-7(12)9(8(13)5-6)14-17(15,16)3-1-2-11/h4-5,14H,1-3H2. The van der Waals surface area contributed by atoms with Crippen molar-refractivity contribution in [3.63, 3.8) is 0 Å². The summed E-state index contributed by atoms with van der Waals surface area (Å²) in [6.07, 6.45) is 0.364. The Bertz CT molecular complexity index is 484. The van der Waals surface area contributed by atoms with E-state index in [9.17, 15) is 8.42 Å². The van der Waals surface area contributed by atoms with Crippen LogP contribution in [-0.2, 0) is 10.0 Å². The molecule has 0 aliphatic carbocycles. The van der Waals surface area contributed by atoms with Gasteiger partial charge in [-0.3, -0.25) is 4.72 Å². The molecule has 0 saturated carbocycles. The van der Waals surface area contributed by atoms with Crippen molar-refractivity contribution in [2.75, 3.05) is 16.4 Å². The first-order chi connectivity index (χ1) is 7.85. The summed E-state index contributed by atoms with van der Waals surface area (Å²) in [7, 11) is -3.47. The molecule has 1 aromatic carbocycles. The largest absolute Gasteiger partial charge is 0.281 e. The summed E-state index contributed by atoms with van der Waals surface area (Å²) in [5.74, 6) is 0.210. The summed E-state index contributed by atoms with van der Waals surface area (Å²) in [6, 6.07) is 3.12. The summed E-state index contributed by atoms with van der Waals surface area (Å²) < 4.78 is 26.3. The third-order valence-corrected chi connectivity index (χ3v) is 4.47. The van der Waals surface area contributed by atoms with Gasteiger partial charge in [-0.15, -0.1) is 11.6 Å². The fraction of sp³-hybridized carbons (Fsp3) is 0.333. The Hall–Kier alpha value is 0.320. The van der Waals surface area contributed by atoms with Crippen molar-refractivity contribution in [3.05, 3.63) is 26.7 Å². The number of hydrogen-bond donors (Lipinski definition) is 1. The molecule has 0 aliphatic rings. The Labute approximate surface area is 124 Å². The van der Waals surface area contributed by atoms with Crippen molar-refractivity contribution >= 4 is 66.4 Å². The topological polar surface area (TPSA) is 46.2 Å². The highest BCUT2D eigenvalue weighted by Crippen LogP contribution is 2.34. The fourth-order valence-corrected chi connectivity index (χ4v) is 3.96. The first kappa shape index (κ1) is 15.4. The van der Waals surface area contributed by atoms with Crippen LogP contribution in [0.25, 0.3) is 0 Å². The van der Waals surface area contributed by atoms with Crippen molar-refractivity contribution in [1.29, 1.82) is 0 Å². The van der Waals surface area contributed by atoms with E-state index in [1.54, 1.807) is 12.1 Å². The Morgan fingerprint density at radius 1 is 1.24 bits per heavy atom. The molecule has 8 heteroatoms. The molecule has 0 amide bonds. The Morgan fingerprint density at radius 3 is 2.24 bits per heavy atom. The van der Waals surface area contributed by atoms with Crippen LogP contribution >= 0.6 is 50.7 Å². The van der Waals surface area contributed by atoms with Gasteiger partial charge in [0, 0.05) is 10.4 Å². The van der Waals surface area contributed by atoms with Crippen LogP contribution in [0.4, 0.5) is 5.69 Å². The highest BCUT2D eigenvalue weighted by Gasteiger charge is 2.15. The molecule has 0 aliphatic heterocycles. The molecule has 0 radical (unpaired) electrons. The van der Waals surface area contributed by atoms with Gasteiger partial charge in [0.25, 0.3) is 0 Å². The molecule has 0 unspecified atom stereocenters. The summed E-state index contributed by atoms with van der Waals surface area (Å²) in [4.78, 5) is 0. The first-order valence-corrected chi connectivity index (χ1v) is 8.30. The second-order valence-electron chi connectivity index (χ2n) is 3.21. The third-order valence-electron chi connectivity index (χ3n) is 1.81. The van der Waals surface area contributed by atoms with Crippen LogP contribution in [0.3, 0.4) is 0 Å². The van der Waals surface area contributed by atoms with Crippen LogP contribution in [0.1, 0.15) is 6.42 Å². The smallest absolute Gasteiger partial charge is 0.232 e. The summed E-state index contributed by atoms with van der Waals surface area (Å²) in [5, 5.41) is 0.470. The van der Waals surface area contributed by atoms with E-state index < -0.39 is 10.0 Å². The van der Waals surface area contributed by atoms with E-state index in [0.717, 1.165) is 0 Å². The molecule has 0 heterocycles. The van der Waals surface area contributed by atoms with Gasteiger partial charge >= 0.3 is 0 Å². The van der Waals surface area contributed by atoms with E-state index in [4.69, 9.17) is 34.8 Å². The van der Waals surface area contributed by atoms with E-state index in [-0.39, 0.29) is 27.4 Å². The van der Waals surface area contributed by atoms with E-state index in [1.165, 1.54) is 0 Å². The van der Waals surface area contributed by atoms with E-state index in [0.29, 0.717) is 10.9 Å². The molecule has 0 aromatic heterocycles. The van der Waals surface area contributed by atoms with E-state index in [1.807, 2.05) is 0 Å². The van der Waals surface area contributed by atoms with Crippen LogP contribution in [0.2, 0.25) is 10.0 Å². The predicted octanol–water partition coefficient (Wildman–Crippen LogP) is 4.13. The number of nitrogens with one attached hydrogen (secondary N) is 1. The van der Waals surface area contributed by atoms with Gasteiger partial charge in [-0.05, 0) is 18.6 Å². The van der Waals surface area contributed by atoms with Gasteiger partial charge in [0.2, 0.25) is 10.0 Å². The van der Waals surface area contributed by atoms with E-state index in [2.05, 4.69) is 20.7 Å². The number of rotatable bonds is 5. The van der Waals surface area contributed by atoms with Crippen LogP contribution < -0.4 is 4.72 Å². The molecule has 17 heavy (non-hydrogen) atoms. The van der Waals surface area contributed by atoms with Gasteiger partial charge in [-0.2, -0.15) is 0 Å². The highest BCUT2D eigenvalue weighted by molar-refractivity contribution is 9.10. The maximum atomic E-state index is 11.6. The molecular formula is C9H9BrCl3NO2S. The van der Waals surface area contributed by atoms with Crippen LogP contribution in [0, 0.1) is 0 Å². The number of anilines is 1. The van der Waals surface area contributed by atoms with Gasteiger partial charge in [-0.25, -0.2) is 8.42 Å². The Kier molecular flexibility index (Phi) is 5.86. The lowest BCUT2D eigenvalue weighted by Crippen LogP contribution is -2.17. The molecular weight excluding hydrogens is 372 g/mol. The zero-order valence-corrected chi connectivity index (χ0v) is 13.2. The molecule has 3 nitrogen and oxygen atoms in total. The van der Waals surface area contributed by atoms with Gasteiger partial charge in [-0.1, -0.05) is 39.1 Å². The van der Waals surface area contributed by atoms with Crippen molar-refractivity contribution in [2.45, 2.75) is 6.42 Å². The SMILES string of the molecule is O=S(=O)(CCCCl)Nc1c(Cl)cc(Br)cc1Cl. The number of sulfonamides is 1. The van der Waals surface area contributed by atoms with Crippen molar-refractivity contribution in [3.8, 4) is 0 Å². The van der Waals surface area contributed by atoms with Gasteiger partial charge in [0.05, 0.1) is 21.5 Å². The minimum atomic E-state index is -3.47. The second kappa shape index (κ2) is 6.48. The summed E-state index contributed by atoms with van der Waals surface area (Å²) in [6.45, 7) is 0. The number of alkyl halides is 1. The van der Waals surface area contributed by atoms with Gasteiger partial charge in [0.1, 0.15) is 0 Å². The third kappa shape index (κ3) is 4.83. The first-order valence-electron chi connectivity index (χ1n) is 4.57. The minimum Gasteiger partial charge on any atom is -0.281 e. The van der Waals surface area contributed by atoms with Crippen molar-refractivity contribution < 1.29 is 8.42 Å². The normalized spacial score (nSPS) is 11.5. The molecule has 0 saturated heterocycles. The Balaban J connectivity index is 2.96. The van der Waals surface area contributed by atoms with Gasteiger partial charge in [0.15, 0.2) is 0 Å².